The average molecular weight is 279 g/mol. The summed E-state index contributed by atoms with van der Waals surface area (Å²) in [5.41, 5.74) is 5.25. The third-order valence-corrected chi connectivity index (χ3v) is 3.95. The number of allylic oxidation sites excluding steroid dienone is 1. The average Bonchev–Trinajstić information content (AvgIpc) is 2.50. The Kier molecular flexibility index (Phi) is 5.62. The molecule has 21 heavy (non-hydrogen) atoms. The van der Waals surface area contributed by atoms with E-state index in [9.17, 15) is 0 Å². The summed E-state index contributed by atoms with van der Waals surface area (Å²) in [6, 6.07) is 17.6. The maximum Gasteiger partial charge on any atom is 0.0514 e. The van der Waals surface area contributed by atoms with Gasteiger partial charge in [0, 0.05) is 5.69 Å². The smallest absolute Gasteiger partial charge is 0.0514 e. The highest BCUT2D eigenvalue weighted by atomic mass is 14.9. The van der Waals surface area contributed by atoms with Crippen LogP contribution in [0.15, 0.2) is 61.2 Å². The van der Waals surface area contributed by atoms with E-state index in [0.717, 1.165) is 19.3 Å². The minimum Gasteiger partial charge on any atom is -0.378 e. The van der Waals surface area contributed by atoms with E-state index < -0.39 is 0 Å². The second kappa shape index (κ2) is 7.68. The van der Waals surface area contributed by atoms with Crippen molar-refractivity contribution < 1.29 is 0 Å². The molecule has 0 aliphatic heterocycles. The zero-order valence-electron chi connectivity index (χ0n) is 13.1. The highest BCUT2D eigenvalue weighted by Crippen LogP contribution is 2.26. The molecule has 0 saturated carbocycles. The molecule has 0 heterocycles. The van der Waals surface area contributed by atoms with Crippen LogP contribution in [-0.2, 0) is 0 Å². The summed E-state index contributed by atoms with van der Waals surface area (Å²) in [4.78, 5) is 0. The van der Waals surface area contributed by atoms with Gasteiger partial charge < -0.3 is 5.32 Å². The van der Waals surface area contributed by atoms with Crippen molar-refractivity contribution in [1.29, 1.82) is 0 Å². The molecule has 110 valence electrons. The summed E-state index contributed by atoms with van der Waals surface area (Å²) in [6.07, 6.45) is 5.34. The Morgan fingerprint density at radius 3 is 2.48 bits per heavy atom. The SMILES string of the molecule is C=CCCCC(Nc1ccccc1)c1ccc(C)c(C)c1. The number of aryl methyl sites for hydroxylation is 2. The molecule has 0 saturated heterocycles. The van der Waals surface area contributed by atoms with Gasteiger partial charge in [-0.25, -0.2) is 0 Å². The van der Waals surface area contributed by atoms with Crippen molar-refractivity contribution >= 4 is 5.69 Å². The molecule has 0 fully saturated rings. The highest BCUT2D eigenvalue weighted by molar-refractivity contribution is 5.46. The van der Waals surface area contributed by atoms with E-state index in [-0.39, 0.29) is 0 Å². The van der Waals surface area contributed by atoms with Crippen molar-refractivity contribution in [2.45, 2.75) is 39.2 Å². The van der Waals surface area contributed by atoms with Crippen LogP contribution in [0.5, 0.6) is 0 Å². The van der Waals surface area contributed by atoms with Crippen LogP contribution < -0.4 is 5.32 Å². The largest absolute Gasteiger partial charge is 0.378 e. The molecule has 1 N–H and O–H groups in total. The Morgan fingerprint density at radius 2 is 1.81 bits per heavy atom. The fraction of sp³-hybridized carbons (Fsp3) is 0.300. The molecule has 2 aromatic rings. The van der Waals surface area contributed by atoms with Crippen LogP contribution in [0, 0.1) is 13.8 Å². The maximum atomic E-state index is 3.82. The van der Waals surface area contributed by atoms with Gasteiger partial charge in [-0.3, -0.25) is 0 Å². The minimum atomic E-state index is 0.353. The molecule has 0 radical (unpaired) electrons. The van der Waals surface area contributed by atoms with Crippen LogP contribution in [-0.4, -0.2) is 0 Å². The number of benzene rings is 2. The number of hydrogen-bond acceptors (Lipinski definition) is 1. The quantitative estimate of drug-likeness (QED) is 0.498. The lowest BCUT2D eigenvalue weighted by atomic mass is 9.97. The van der Waals surface area contributed by atoms with Gasteiger partial charge in [-0.2, -0.15) is 0 Å². The van der Waals surface area contributed by atoms with Crippen LogP contribution in [0.25, 0.3) is 0 Å². The van der Waals surface area contributed by atoms with Crippen LogP contribution in [0.1, 0.15) is 42.0 Å². The fourth-order valence-electron chi connectivity index (χ4n) is 2.51. The Bertz CT molecular complexity index is 572. The molecule has 0 bridgehead atoms. The number of rotatable bonds is 7. The van der Waals surface area contributed by atoms with E-state index >= 15 is 0 Å². The first-order chi connectivity index (χ1) is 10.2. The molecule has 0 spiro atoms. The third kappa shape index (κ3) is 4.49. The van der Waals surface area contributed by atoms with Gasteiger partial charge in [0.2, 0.25) is 0 Å². The number of nitrogens with one attached hydrogen (secondary N) is 1. The Labute approximate surface area is 128 Å². The lowest BCUT2D eigenvalue weighted by Gasteiger charge is -2.21. The Balaban J connectivity index is 2.18. The molecule has 0 aliphatic carbocycles. The van der Waals surface area contributed by atoms with Crippen LogP contribution in [0.3, 0.4) is 0 Å². The molecule has 2 aromatic carbocycles. The first-order valence-electron chi connectivity index (χ1n) is 7.70. The molecule has 1 heteroatoms. The summed E-state index contributed by atoms with van der Waals surface area (Å²) in [6.45, 7) is 8.17. The summed E-state index contributed by atoms with van der Waals surface area (Å²) >= 11 is 0. The lowest BCUT2D eigenvalue weighted by Crippen LogP contribution is -2.11. The van der Waals surface area contributed by atoms with Gasteiger partial charge in [-0.1, -0.05) is 42.5 Å². The van der Waals surface area contributed by atoms with Gasteiger partial charge in [0.25, 0.3) is 0 Å². The van der Waals surface area contributed by atoms with E-state index in [4.69, 9.17) is 0 Å². The molecular formula is C20H25N. The van der Waals surface area contributed by atoms with Gasteiger partial charge in [0.1, 0.15) is 0 Å². The van der Waals surface area contributed by atoms with Crippen LogP contribution >= 0.6 is 0 Å². The predicted octanol–water partition coefficient (Wildman–Crippen LogP) is 5.81. The van der Waals surface area contributed by atoms with E-state index in [1.54, 1.807) is 0 Å². The van der Waals surface area contributed by atoms with Gasteiger partial charge >= 0.3 is 0 Å². The molecule has 0 aliphatic rings. The molecule has 0 amide bonds. The van der Waals surface area contributed by atoms with Crippen molar-refractivity contribution in [3.63, 3.8) is 0 Å². The number of para-hydroxylation sites is 1. The maximum absolute atomic E-state index is 3.82. The monoisotopic (exact) mass is 279 g/mol. The lowest BCUT2D eigenvalue weighted by molar-refractivity contribution is 0.651. The van der Waals surface area contributed by atoms with Gasteiger partial charge in [0.05, 0.1) is 6.04 Å². The Morgan fingerprint density at radius 1 is 1.05 bits per heavy atom. The first kappa shape index (κ1) is 15.4. The summed E-state index contributed by atoms with van der Waals surface area (Å²) in [7, 11) is 0. The Hall–Kier alpha value is -2.02. The van der Waals surface area contributed by atoms with E-state index in [2.05, 4.69) is 68.2 Å². The normalized spacial score (nSPS) is 11.9. The van der Waals surface area contributed by atoms with Gasteiger partial charge in [-0.15, -0.1) is 6.58 Å². The predicted molar refractivity (Wildman–Crippen MR) is 92.8 cm³/mol. The molecule has 1 nitrogen and oxygen atoms in total. The zero-order chi connectivity index (χ0) is 15.1. The summed E-state index contributed by atoms with van der Waals surface area (Å²) in [5.74, 6) is 0. The summed E-state index contributed by atoms with van der Waals surface area (Å²) < 4.78 is 0. The zero-order valence-corrected chi connectivity index (χ0v) is 13.1. The number of anilines is 1. The van der Waals surface area contributed by atoms with E-state index in [1.807, 2.05) is 12.1 Å². The van der Waals surface area contributed by atoms with E-state index in [0.29, 0.717) is 6.04 Å². The van der Waals surface area contributed by atoms with Crippen LogP contribution in [0.2, 0.25) is 0 Å². The minimum absolute atomic E-state index is 0.353. The van der Waals surface area contributed by atoms with Crippen molar-refractivity contribution in [3.05, 3.63) is 77.9 Å². The molecule has 1 atom stereocenters. The van der Waals surface area contributed by atoms with Crippen molar-refractivity contribution in [2.24, 2.45) is 0 Å². The standard InChI is InChI=1S/C20H25N/c1-4-5-7-12-20(21-19-10-8-6-9-11-19)18-14-13-16(2)17(3)15-18/h4,6,8-11,13-15,20-21H,1,5,7,12H2,2-3H3. The summed E-state index contributed by atoms with van der Waals surface area (Å²) in [5, 5.41) is 3.67. The molecule has 2 rings (SSSR count). The van der Waals surface area contributed by atoms with E-state index in [1.165, 1.54) is 22.4 Å². The molecule has 1 unspecified atom stereocenters. The molecular weight excluding hydrogens is 254 g/mol. The highest BCUT2D eigenvalue weighted by Gasteiger charge is 2.11. The third-order valence-electron chi connectivity index (χ3n) is 3.95. The van der Waals surface area contributed by atoms with Gasteiger partial charge in [-0.05, 0) is 61.9 Å². The van der Waals surface area contributed by atoms with Crippen molar-refractivity contribution in [1.82, 2.24) is 0 Å². The first-order valence-corrected chi connectivity index (χ1v) is 7.70. The van der Waals surface area contributed by atoms with Crippen molar-refractivity contribution in [3.8, 4) is 0 Å². The second-order valence-electron chi connectivity index (χ2n) is 5.63. The molecule has 0 aromatic heterocycles. The second-order valence-corrected chi connectivity index (χ2v) is 5.63. The topological polar surface area (TPSA) is 12.0 Å². The van der Waals surface area contributed by atoms with Gasteiger partial charge in [0.15, 0.2) is 0 Å². The number of hydrogen-bond donors (Lipinski definition) is 1. The number of unbranched alkanes of at least 4 members (excludes halogenated alkanes) is 1. The van der Waals surface area contributed by atoms with Crippen molar-refractivity contribution in [2.75, 3.05) is 5.32 Å². The fourth-order valence-corrected chi connectivity index (χ4v) is 2.51. The van der Waals surface area contributed by atoms with Crippen LogP contribution in [0.4, 0.5) is 5.69 Å².